The Morgan fingerprint density at radius 1 is 1.56 bits per heavy atom. The summed E-state index contributed by atoms with van der Waals surface area (Å²) in [6.45, 7) is -3.22. The lowest BCUT2D eigenvalue weighted by Crippen LogP contribution is -2.10. The van der Waals surface area contributed by atoms with Gasteiger partial charge in [0.05, 0.1) is 16.9 Å². The van der Waals surface area contributed by atoms with Crippen LogP contribution >= 0.6 is 11.6 Å². The molecule has 0 spiro atoms. The lowest BCUT2D eigenvalue weighted by Gasteiger charge is -2.10. The van der Waals surface area contributed by atoms with Gasteiger partial charge in [-0.3, -0.25) is 14.9 Å². The van der Waals surface area contributed by atoms with Crippen LogP contribution in [0.4, 0.5) is 14.5 Å². The first-order valence-corrected chi connectivity index (χ1v) is 4.83. The van der Waals surface area contributed by atoms with E-state index in [4.69, 9.17) is 16.7 Å². The number of hydrogen-bond donors (Lipinski definition) is 1. The van der Waals surface area contributed by atoms with Crippen molar-refractivity contribution in [3.63, 3.8) is 0 Å². The second-order valence-corrected chi connectivity index (χ2v) is 3.49. The third kappa shape index (κ3) is 3.27. The van der Waals surface area contributed by atoms with E-state index < -0.39 is 40.9 Å². The smallest absolute Gasteiger partial charge is 0.387 e. The van der Waals surface area contributed by atoms with Crippen LogP contribution in [0.5, 0.6) is 5.75 Å². The second kappa shape index (κ2) is 5.58. The number of carboxylic acids is 1. The monoisotopic (exact) mass is 281 g/mol. The van der Waals surface area contributed by atoms with Crippen molar-refractivity contribution in [1.82, 2.24) is 0 Å². The summed E-state index contributed by atoms with van der Waals surface area (Å²) in [6.07, 6.45) is -0.848. The Morgan fingerprint density at radius 3 is 2.61 bits per heavy atom. The maximum atomic E-state index is 12.1. The summed E-state index contributed by atoms with van der Waals surface area (Å²) in [7, 11) is 0. The van der Waals surface area contributed by atoms with Crippen LogP contribution in [0.3, 0.4) is 0 Å². The molecule has 1 N–H and O–H groups in total. The van der Waals surface area contributed by atoms with Gasteiger partial charge in [-0.15, -0.1) is 0 Å². The van der Waals surface area contributed by atoms with Crippen molar-refractivity contribution in [1.29, 1.82) is 0 Å². The Kier molecular flexibility index (Phi) is 4.38. The molecule has 0 fully saturated rings. The molecule has 18 heavy (non-hydrogen) atoms. The van der Waals surface area contributed by atoms with Crippen molar-refractivity contribution >= 4 is 23.3 Å². The molecule has 0 aliphatic heterocycles. The molecule has 0 saturated heterocycles. The van der Waals surface area contributed by atoms with E-state index in [-0.39, 0.29) is 5.02 Å². The fraction of sp³-hybridized carbons (Fsp3) is 0.222. The summed E-state index contributed by atoms with van der Waals surface area (Å²) in [4.78, 5) is 20.4. The Morgan fingerprint density at radius 2 is 2.17 bits per heavy atom. The number of aliphatic carboxylic acids is 1. The molecule has 0 amide bonds. The van der Waals surface area contributed by atoms with Crippen LogP contribution < -0.4 is 4.74 Å². The van der Waals surface area contributed by atoms with E-state index in [1.807, 2.05) is 0 Å². The first-order valence-electron chi connectivity index (χ1n) is 4.45. The van der Waals surface area contributed by atoms with Crippen LogP contribution in [-0.4, -0.2) is 22.6 Å². The van der Waals surface area contributed by atoms with E-state index in [1.54, 1.807) is 0 Å². The lowest BCUT2D eigenvalue weighted by molar-refractivity contribution is -0.385. The highest BCUT2D eigenvalue weighted by Gasteiger charge is 2.26. The van der Waals surface area contributed by atoms with Gasteiger partial charge in [0.25, 0.3) is 5.69 Å². The van der Waals surface area contributed by atoms with Crippen LogP contribution in [0, 0.1) is 10.1 Å². The fourth-order valence-electron chi connectivity index (χ4n) is 1.32. The molecule has 1 aromatic carbocycles. The molecule has 0 heterocycles. The molecular formula is C9H6ClF2NO5. The number of alkyl halides is 2. The molecule has 9 heteroatoms. The van der Waals surface area contributed by atoms with Crippen LogP contribution in [-0.2, 0) is 11.2 Å². The highest BCUT2D eigenvalue weighted by molar-refractivity contribution is 6.32. The van der Waals surface area contributed by atoms with Crippen LogP contribution in [0.25, 0.3) is 0 Å². The minimum absolute atomic E-state index is 0.349. The molecule has 0 bridgehead atoms. The summed E-state index contributed by atoms with van der Waals surface area (Å²) in [5.74, 6) is -2.01. The minimum Gasteiger partial charge on any atom is -0.481 e. The molecule has 0 aromatic heterocycles. The molecule has 0 aliphatic rings. The maximum absolute atomic E-state index is 12.1. The zero-order valence-corrected chi connectivity index (χ0v) is 9.36. The van der Waals surface area contributed by atoms with Gasteiger partial charge in [0.15, 0.2) is 0 Å². The summed E-state index contributed by atoms with van der Waals surface area (Å²) in [5.41, 5.74) is -1.25. The molecule has 1 aromatic rings. The number of rotatable bonds is 5. The first-order chi connectivity index (χ1) is 8.32. The van der Waals surface area contributed by atoms with Crippen molar-refractivity contribution in [3.05, 3.63) is 32.8 Å². The van der Waals surface area contributed by atoms with Gasteiger partial charge in [-0.1, -0.05) is 11.6 Å². The molecule has 0 radical (unpaired) electrons. The highest BCUT2D eigenvalue weighted by Crippen LogP contribution is 2.36. The summed E-state index contributed by atoms with van der Waals surface area (Å²) < 4.78 is 28.2. The highest BCUT2D eigenvalue weighted by atomic mass is 35.5. The van der Waals surface area contributed by atoms with Gasteiger partial charge in [0.1, 0.15) is 10.8 Å². The van der Waals surface area contributed by atoms with Crippen molar-refractivity contribution < 1.29 is 28.3 Å². The second-order valence-electron chi connectivity index (χ2n) is 3.08. The van der Waals surface area contributed by atoms with Gasteiger partial charge >= 0.3 is 12.6 Å². The third-order valence-corrected chi connectivity index (χ3v) is 2.22. The number of ether oxygens (including phenoxy) is 1. The van der Waals surface area contributed by atoms with Crippen LogP contribution in [0.15, 0.2) is 12.1 Å². The topological polar surface area (TPSA) is 89.7 Å². The lowest BCUT2D eigenvalue weighted by atomic mass is 10.1. The van der Waals surface area contributed by atoms with E-state index in [1.165, 1.54) is 0 Å². The average molecular weight is 282 g/mol. The van der Waals surface area contributed by atoms with Crippen molar-refractivity contribution in [3.8, 4) is 5.75 Å². The Labute approximate surface area is 104 Å². The Bertz CT molecular complexity index is 494. The third-order valence-electron chi connectivity index (χ3n) is 1.92. The number of nitro groups is 1. The fourth-order valence-corrected chi connectivity index (χ4v) is 1.56. The van der Waals surface area contributed by atoms with Crippen molar-refractivity contribution in [2.75, 3.05) is 0 Å². The van der Waals surface area contributed by atoms with Crippen molar-refractivity contribution in [2.24, 2.45) is 0 Å². The van der Waals surface area contributed by atoms with Gasteiger partial charge in [0, 0.05) is 0 Å². The SMILES string of the molecule is O=C(O)Cc1c(OC(F)F)ccc(Cl)c1[N+](=O)[O-]. The number of halogens is 3. The van der Waals surface area contributed by atoms with Crippen molar-refractivity contribution in [2.45, 2.75) is 13.0 Å². The van der Waals surface area contributed by atoms with Gasteiger partial charge in [-0.2, -0.15) is 8.78 Å². The molecule has 0 atom stereocenters. The van der Waals surface area contributed by atoms with Gasteiger partial charge in [0.2, 0.25) is 0 Å². The van der Waals surface area contributed by atoms with E-state index in [0.29, 0.717) is 0 Å². The zero-order chi connectivity index (χ0) is 13.9. The summed E-state index contributed by atoms with van der Waals surface area (Å²) in [5, 5.41) is 19.0. The Hall–Kier alpha value is -1.96. The number of nitro benzene ring substituents is 1. The summed E-state index contributed by atoms with van der Waals surface area (Å²) in [6, 6.07) is 1.95. The molecule has 1 rings (SSSR count). The van der Waals surface area contributed by atoms with Gasteiger partial charge < -0.3 is 9.84 Å². The number of carbonyl (C=O) groups is 1. The maximum Gasteiger partial charge on any atom is 0.387 e. The normalized spacial score (nSPS) is 10.4. The zero-order valence-electron chi connectivity index (χ0n) is 8.60. The summed E-state index contributed by atoms with van der Waals surface area (Å²) >= 11 is 5.54. The number of hydrogen-bond acceptors (Lipinski definition) is 4. The van der Waals surface area contributed by atoms with Crippen LogP contribution in [0.2, 0.25) is 5.02 Å². The minimum atomic E-state index is -3.22. The quantitative estimate of drug-likeness (QED) is 0.661. The Balaban J connectivity index is 3.38. The van der Waals surface area contributed by atoms with Gasteiger partial charge in [-0.05, 0) is 12.1 Å². The average Bonchev–Trinajstić information content (AvgIpc) is 2.20. The molecule has 0 unspecified atom stereocenters. The largest absolute Gasteiger partial charge is 0.481 e. The van der Waals surface area contributed by atoms with E-state index in [9.17, 15) is 23.7 Å². The molecule has 0 saturated carbocycles. The predicted octanol–water partition coefficient (Wildman–Crippen LogP) is 2.48. The van der Waals surface area contributed by atoms with E-state index in [0.717, 1.165) is 12.1 Å². The number of carboxylic acid groups (broad SMARTS) is 1. The molecule has 0 aliphatic carbocycles. The predicted molar refractivity (Wildman–Crippen MR) is 56.1 cm³/mol. The molecule has 98 valence electrons. The first kappa shape index (κ1) is 14.1. The number of benzene rings is 1. The van der Waals surface area contributed by atoms with E-state index in [2.05, 4.69) is 4.74 Å². The van der Waals surface area contributed by atoms with Gasteiger partial charge in [-0.25, -0.2) is 0 Å². The standard InChI is InChI=1S/C9H6ClF2NO5/c10-5-1-2-6(18-9(11)12)4(3-7(14)15)8(5)13(16)17/h1-2,9H,3H2,(H,14,15). The van der Waals surface area contributed by atoms with Crippen LogP contribution in [0.1, 0.15) is 5.56 Å². The molecular weight excluding hydrogens is 276 g/mol. The van der Waals surface area contributed by atoms with E-state index >= 15 is 0 Å². The number of nitrogens with zero attached hydrogens (tertiary/aromatic N) is 1. The molecule has 6 nitrogen and oxygen atoms in total.